The third-order valence-corrected chi connectivity index (χ3v) is 0. The fourth-order valence-corrected chi connectivity index (χ4v) is 0. The van der Waals surface area contributed by atoms with E-state index in [4.69, 9.17) is 10.7 Å². The maximum atomic E-state index is 6.37. The van der Waals surface area contributed by atoms with Crippen molar-refractivity contribution in [1.29, 1.82) is 5.16 Å². The molecule has 1 radical (unpaired) electrons. The van der Waals surface area contributed by atoms with Gasteiger partial charge in [0.1, 0.15) is 0 Å². The number of hydrogen-bond donors (Lipinski definition) is 2. The quantitative estimate of drug-likeness (QED) is 0.367. The monoisotopic (exact) mass is 142 g/mol. The van der Waals surface area contributed by atoms with E-state index in [1.165, 1.54) is 0 Å². The first-order chi connectivity index (χ1) is 1.73. The Bertz CT molecular complexity index is 29.0. The van der Waals surface area contributed by atoms with Gasteiger partial charge in [-0.2, -0.15) is 0 Å². The summed E-state index contributed by atoms with van der Waals surface area (Å²) in [5, 5.41) is 6.37. The standard InChI is InChI=1S/H3N2PSe/c1-3(2)4/h(H3,1,2)/q+1. The fourth-order valence-electron chi connectivity index (χ4n) is 0. The molecule has 4 heavy (non-hydrogen) atoms. The molecule has 0 aromatic rings. The van der Waals surface area contributed by atoms with Gasteiger partial charge < -0.3 is 0 Å². The molecule has 0 aromatic carbocycles. The van der Waals surface area contributed by atoms with E-state index in [-0.39, 0.29) is 0 Å². The van der Waals surface area contributed by atoms with Crippen LogP contribution in [0.15, 0.2) is 0 Å². The van der Waals surface area contributed by atoms with E-state index in [2.05, 4.69) is 15.6 Å². The summed E-state index contributed by atoms with van der Waals surface area (Å²) in [6.07, 6.45) is 0. The number of nitrogens with two attached hydrogens (primary N) is 1. The fraction of sp³-hybridized carbons (Fsp3) is 0. The second-order valence-corrected chi connectivity index (χ2v) is 3.45. The summed E-state index contributed by atoms with van der Waals surface area (Å²) in [6, 6.07) is 0. The Hall–Kier alpha value is 0.579. The molecule has 2 nitrogen and oxygen atoms in total. The molecule has 23 valence electrons. The summed E-state index contributed by atoms with van der Waals surface area (Å²) in [7, 11) is 0. The van der Waals surface area contributed by atoms with Crippen molar-refractivity contribution in [1.82, 2.24) is 0 Å². The predicted octanol–water partition coefficient (Wildman–Crippen LogP) is 0.188. The summed E-state index contributed by atoms with van der Waals surface area (Å²) in [6.45, 7) is -0.995. The van der Waals surface area contributed by atoms with Crippen LogP contribution in [0.2, 0.25) is 0 Å². The van der Waals surface area contributed by atoms with Crippen molar-refractivity contribution in [2.24, 2.45) is 5.50 Å². The van der Waals surface area contributed by atoms with Gasteiger partial charge in [-0.15, -0.1) is 0 Å². The van der Waals surface area contributed by atoms with Crippen LogP contribution in [0, 0.1) is 5.16 Å². The molecule has 0 aliphatic heterocycles. The Kier molecular flexibility index (Phi) is 2.13. The molecule has 0 aliphatic carbocycles. The second kappa shape index (κ2) is 1.86. The predicted molar refractivity (Wildman–Crippen MR) is 19.6 cm³/mol. The summed E-state index contributed by atoms with van der Waals surface area (Å²) in [5.41, 5.74) is 4.79. The molecule has 0 aromatic heterocycles. The molecule has 0 fully saturated rings. The molecule has 0 bridgehead atoms. The van der Waals surface area contributed by atoms with E-state index in [9.17, 15) is 0 Å². The molecule has 3 N–H and O–H groups in total. The van der Waals surface area contributed by atoms with Crippen LogP contribution in [0.3, 0.4) is 0 Å². The van der Waals surface area contributed by atoms with Crippen molar-refractivity contribution in [2.45, 2.75) is 0 Å². The van der Waals surface area contributed by atoms with E-state index < -0.39 is 6.55 Å². The Morgan fingerprint density at radius 2 is 2.00 bits per heavy atom. The zero-order chi connectivity index (χ0) is 3.58. The molecule has 0 aliphatic rings. The van der Waals surface area contributed by atoms with Gasteiger partial charge in [0.15, 0.2) is 0 Å². The molecule has 0 amide bonds. The van der Waals surface area contributed by atoms with Crippen LogP contribution in [0.4, 0.5) is 0 Å². The van der Waals surface area contributed by atoms with E-state index in [1.54, 1.807) is 0 Å². The second-order valence-electron chi connectivity index (χ2n) is 0.326. The van der Waals surface area contributed by atoms with Gasteiger partial charge >= 0.3 is 32.8 Å². The molecule has 0 rings (SSSR count). The van der Waals surface area contributed by atoms with E-state index in [0.717, 1.165) is 0 Å². The number of rotatable bonds is 0. The van der Waals surface area contributed by atoms with E-state index in [0.29, 0.717) is 0 Å². The van der Waals surface area contributed by atoms with Crippen molar-refractivity contribution in [2.75, 3.05) is 0 Å². The minimum atomic E-state index is -0.995. The van der Waals surface area contributed by atoms with Crippen LogP contribution in [-0.4, -0.2) is 15.6 Å². The first kappa shape index (κ1) is 4.58. The SMILES string of the molecule is N=[P+](N)[Se]. The molecular weight excluding hydrogens is 138 g/mol. The van der Waals surface area contributed by atoms with Crippen LogP contribution in [0.1, 0.15) is 0 Å². The summed E-state index contributed by atoms with van der Waals surface area (Å²) < 4.78 is 0. The number of hydrogen-bond acceptors (Lipinski definition) is 1. The first-order valence-corrected chi connectivity index (χ1v) is 4.29. The zero-order valence-corrected chi connectivity index (χ0v) is 4.54. The van der Waals surface area contributed by atoms with Gasteiger partial charge in [0.2, 0.25) is 0 Å². The summed E-state index contributed by atoms with van der Waals surface area (Å²) in [4.78, 5) is 0. The van der Waals surface area contributed by atoms with Gasteiger partial charge in [-0.3, -0.25) is 0 Å². The van der Waals surface area contributed by atoms with Crippen molar-refractivity contribution >= 4 is 22.1 Å². The first-order valence-electron chi connectivity index (χ1n) is 0.664. The molecule has 1 unspecified atom stereocenters. The Labute approximate surface area is 33.5 Å². The topological polar surface area (TPSA) is 49.9 Å². The minimum absolute atomic E-state index is 0.995. The van der Waals surface area contributed by atoms with Crippen molar-refractivity contribution in [3.8, 4) is 0 Å². The molecule has 4 heteroatoms. The van der Waals surface area contributed by atoms with Gasteiger partial charge in [0.25, 0.3) is 0 Å². The van der Waals surface area contributed by atoms with Crippen LogP contribution in [-0.2, 0) is 0 Å². The zero-order valence-electron chi connectivity index (χ0n) is 1.93. The van der Waals surface area contributed by atoms with Crippen LogP contribution in [0.25, 0.3) is 0 Å². The Balaban J connectivity index is 2.80. The molecular formula is H3N2PSe+. The average molecular weight is 141 g/mol. The molecule has 0 spiro atoms. The van der Waals surface area contributed by atoms with Crippen LogP contribution in [0.5, 0.6) is 0 Å². The van der Waals surface area contributed by atoms with Gasteiger partial charge in [0.05, 0.1) is 0 Å². The van der Waals surface area contributed by atoms with Crippen molar-refractivity contribution in [3.05, 3.63) is 0 Å². The maximum absolute atomic E-state index is 6.37. The Morgan fingerprint density at radius 1 is 2.00 bits per heavy atom. The number of nitrogens with one attached hydrogen (secondary N) is 1. The molecule has 0 heterocycles. The van der Waals surface area contributed by atoms with Gasteiger partial charge in [-0.05, 0) is 0 Å². The molecule has 0 saturated heterocycles. The average Bonchev–Trinajstić information content (AvgIpc) is 0.811. The van der Waals surface area contributed by atoms with Crippen molar-refractivity contribution in [3.63, 3.8) is 0 Å². The van der Waals surface area contributed by atoms with Crippen molar-refractivity contribution < 1.29 is 0 Å². The summed E-state index contributed by atoms with van der Waals surface area (Å²) >= 11 is 2.41. The Morgan fingerprint density at radius 3 is 2.00 bits per heavy atom. The third kappa shape index (κ3) is 19.2. The van der Waals surface area contributed by atoms with Gasteiger partial charge in [0, 0.05) is 0 Å². The van der Waals surface area contributed by atoms with Crippen LogP contribution >= 0.6 is 6.55 Å². The van der Waals surface area contributed by atoms with Gasteiger partial charge in [-0.25, -0.2) is 0 Å². The molecule has 0 saturated carbocycles. The van der Waals surface area contributed by atoms with Crippen LogP contribution < -0.4 is 5.50 Å². The normalized spacial score (nSPS) is 11.0. The third-order valence-electron chi connectivity index (χ3n) is 0. The van der Waals surface area contributed by atoms with E-state index >= 15 is 0 Å². The molecule has 1 atom stereocenters. The van der Waals surface area contributed by atoms with E-state index in [1.807, 2.05) is 0 Å². The van der Waals surface area contributed by atoms with Gasteiger partial charge in [-0.1, -0.05) is 0 Å². The summed E-state index contributed by atoms with van der Waals surface area (Å²) in [5.74, 6) is 0.